The summed E-state index contributed by atoms with van der Waals surface area (Å²) in [5.41, 5.74) is 4.00. The number of hydrogen-bond acceptors (Lipinski definition) is 6. The van der Waals surface area contributed by atoms with Crippen LogP contribution >= 0.6 is 0 Å². The van der Waals surface area contributed by atoms with Crippen molar-refractivity contribution in [2.75, 3.05) is 53.0 Å². The average molecular weight is 428 g/mol. The van der Waals surface area contributed by atoms with E-state index in [4.69, 9.17) is 9.47 Å². The average Bonchev–Trinajstić information content (AvgIpc) is 3.13. The summed E-state index contributed by atoms with van der Waals surface area (Å²) in [6, 6.07) is 8.16. The molecule has 1 aromatic carbocycles. The molecule has 0 saturated carbocycles. The lowest BCUT2D eigenvalue weighted by molar-refractivity contribution is 0.0374. The van der Waals surface area contributed by atoms with Crippen LogP contribution in [-0.2, 0) is 31.3 Å². The summed E-state index contributed by atoms with van der Waals surface area (Å²) < 4.78 is 12.6. The van der Waals surface area contributed by atoms with E-state index >= 15 is 0 Å². The van der Waals surface area contributed by atoms with E-state index in [-0.39, 0.29) is 5.91 Å². The summed E-state index contributed by atoms with van der Waals surface area (Å²) in [5.74, 6) is 0.802. The summed E-state index contributed by atoms with van der Waals surface area (Å²) in [6.07, 6.45) is 1.83. The molecule has 1 amide bonds. The second-order valence-electron chi connectivity index (χ2n) is 8.27. The van der Waals surface area contributed by atoms with Crippen molar-refractivity contribution in [2.24, 2.45) is 7.05 Å². The molecule has 0 spiro atoms. The van der Waals surface area contributed by atoms with Crippen LogP contribution in [0.4, 0.5) is 0 Å². The lowest BCUT2D eigenvalue weighted by Gasteiger charge is -2.27. The van der Waals surface area contributed by atoms with Crippen LogP contribution in [0, 0.1) is 0 Å². The van der Waals surface area contributed by atoms with E-state index < -0.39 is 0 Å². The molecule has 0 bridgehead atoms. The van der Waals surface area contributed by atoms with Gasteiger partial charge < -0.3 is 14.8 Å². The first kappa shape index (κ1) is 21.8. The van der Waals surface area contributed by atoms with E-state index in [2.05, 4.69) is 32.3 Å². The molecule has 0 atom stereocenters. The van der Waals surface area contributed by atoms with Crippen molar-refractivity contribution < 1.29 is 14.3 Å². The topological polar surface area (TPSA) is 71.9 Å². The Morgan fingerprint density at radius 3 is 2.87 bits per heavy atom. The van der Waals surface area contributed by atoms with Crippen LogP contribution in [0.25, 0.3) is 0 Å². The Labute approximate surface area is 184 Å². The number of carbonyl (C=O) groups excluding carboxylic acids is 1. The van der Waals surface area contributed by atoms with Crippen LogP contribution in [0.3, 0.4) is 0 Å². The second kappa shape index (κ2) is 10.3. The zero-order valence-corrected chi connectivity index (χ0v) is 18.6. The number of methoxy groups -OCH3 is 1. The molecule has 4 rings (SSSR count). The number of morpholine rings is 1. The Hall–Kier alpha value is -2.42. The number of carbonyl (C=O) groups is 1. The Morgan fingerprint density at radius 1 is 1.23 bits per heavy atom. The number of nitrogens with one attached hydrogen (secondary N) is 1. The summed E-state index contributed by atoms with van der Waals surface area (Å²) in [5, 5.41) is 7.63. The molecule has 0 aliphatic carbocycles. The molecule has 8 nitrogen and oxygen atoms in total. The van der Waals surface area contributed by atoms with E-state index in [0.29, 0.717) is 12.2 Å². The lowest BCUT2D eigenvalue weighted by atomic mass is 10.0. The van der Waals surface area contributed by atoms with Gasteiger partial charge in [0.05, 0.1) is 20.3 Å². The number of rotatable bonds is 8. The minimum Gasteiger partial charge on any atom is -0.497 e. The number of aromatic nitrogens is 2. The third kappa shape index (κ3) is 5.44. The van der Waals surface area contributed by atoms with Gasteiger partial charge in [0.25, 0.3) is 5.91 Å². The molecule has 1 saturated heterocycles. The smallest absolute Gasteiger partial charge is 0.272 e. The van der Waals surface area contributed by atoms with Gasteiger partial charge in [-0.15, -0.1) is 0 Å². The predicted octanol–water partition coefficient (Wildman–Crippen LogP) is 1.44. The van der Waals surface area contributed by atoms with Crippen molar-refractivity contribution >= 4 is 5.91 Å². The van der Waals surface area contributed by atoms with Gasteiger partial charge in [-0.3, -0.25) is 19.3 Å². The fourth-order valence-corrected chi connectivity index (χ4v) is 4.41. The summed E-state index contributed by atoms with van der Waals surface area (Å²) >= 11 is 0. The Balaban J connectivity index is 1.34. The number of aryl methyl sites for hydroxylation is 1. The van der Waals surface area contributed by atoms with Crippen molar-refractivity contribution in [2.45, 2.75) is 25.9 Å². The minimum atomic E-state index is -0.0675. The first-order valence-corrected chi connectivity index (χ1v) is 11.1. The van der Waals surface area contributed by atoms with E-state index in [0.717, 1.165) is 76.6 Å². The van der Waals surface area contributed by atoms with Gasteiger partial charge in [-0.2, -0.15) is 5.10 Å². The molecule has 2 aromatic rings. The molecule has 0 radical (unpaired) electrons. The highest BCUT2D eigenvalue weighted by Gasteiger charge is 2.27. The van der Waals surface area contributed by atoms with Gasteiger partial charge in [0.2, 0.25) is 0 Å². The molecule has 1 fully saturated rings. The van der Waals surface area contributed by atoms with Crippen molar-refractivity contribution in [1.29, 1.82) is 0 Å². The van der Waals surface area contributed by atoms with E-state index in [1.165, 1.54) is 11.3 Å². The van der Waals surface area contributed by atoms with Crippen LogP contribution in [0.1, 0.15) is 33.7 Å². The highest BCUT2D eigenvalue weighted by atomic mass is 16.5. The molecule has 3 heterocycles. The second-order valence-corrected chi connectivity index (χ2v) is 8.27. The molecular weight excluding hydrogens is 394 g/mol. The number of ether oxygens (including phenoxy) is 2. The zero-order valence-electron chi connectivity index (χ0n) is 18.6. The fraction of sp³-hybridized carbons (Fsp3) is 0.565. The number of amides is 1. The summed E-state index contributed by atoms with van der Waals surface area (Å²) in [6.45, 7) is 7.72. The Bertz CT molecular complexity index is 891. The highest BCUT2D eigenvalue weighted by molar-refractivity contribution is 5.94. The van der Waals surface area contributed by atoms with E-state index in [1.54, 1.807) is 7.11 Å². The fourth-order valence-electron chi connectivity index (χ4n) is 4.41. The predicted molar refractivity (Wildman–Crippen MR) is 118 cm³/mol. The molecule has 8 heteroatoms. The maximum Gasteiger partial charge on any atom is 0.272 e. The third-order valence-corrected chi connectivity index (χ3v) is 6.12. The molecule has 1 N–H and O–H groups in total. The molecule has 2 aliphatic rings. The SMILES string of the molecule is COc1cccc(CN2CCc3c(c(C(=O)NCCCN4CCOCC4)nn3C)C2)c1. The van der Waals surface area contributed by atoms with Gasteiger partial charge in [-0.25, -0.2) is 0 Å². The molecule has 2 aliphatic heterocycles. The van der Waals surface area contributed by atoms with Gasteiger partial charge in [-0.05, 0) is 30.7 Å². The Kier molecular flexibility index (Phi) is 7.21. The number of hydrogen-bond donors (Lipinski definition) is 1. The maximum absolute atomic E-state index is 12.9. The molecule has 1 aromatic heterocycles. The van der Waals surface area contributed by atoms with Crippen LogP contribution < -0.4 is 10.1 Å². The molecule has 0 unspecified atom stereocenters. The van der Waals surface area contributed by atoms with Crippen LogP contribution in [0.2, 0.25) is 0 Å². The number of benzene rings is 1. The standard InChI is InChI=1S/C23H33N5O3/c1-26-21-7-10-28(16-18-5-3-6-19(15-18)30-2)17-20(21)22(25-26)23(29)24-8-4-9-27-11-13-31-14-12-27/h3,5-6,15H,4,7-14,16-17H2,1-2H3,(H,24,29). The first-order chi connectivity index (χ1) is 15.1. The summed E-state index contributed by atoms with van der Waals surface area (Å²) in [4.78, 5) is 17.6. The van der Waals surface area contributed by atoms with E-state index in [1.807, 2.05) is 23.9 Å². The minimum absolute atomic E-state index is 0.0675. The van der Waals surface area contributed by atoms with Gasteiger partial charge in [0.1, 0.15) is 5.75 Å². The Morgan fingerprint density at radius 2 is 2.06 bits per heavy atom. The highest BCUT2D eigenvalue weighted by Crippen LogP contribution is 2.24. The van der Waals surface area contributed by atoms with Gasteiger partial charge in [0.15, 0.2) is 5.69 Å². The molecule has 168 valence electrons. The monoisotopic (exact) mass is 427 g/mol. The maximum atomic E-state index is 12.9. The number of fused-ring (bicyclic) bond motifs is 1. The van der Waals surface area contributed by atoms with Crippen LogP contribution in [0.5, 0.6) is 5.75 Å². The van der Waals surface area contributed by atoms with Gasteiger partial charge >= 0.3 is 0 Å². The number of nitrogens with zero attached hydrogens (tertiary/aromatic N) is 4. The molecular formula is C23H33N5O3. The normalized spacial score (nSPS) is 17.4. The lowest BCUT2D eigenvalue weighted by Crippen LogP contribution is -2.38. The van der Waals surface area contributed by atoms with Crippen LogP contribution in [0.15, 0.2) is 24.3 Å². The first-order valence-electron chi connectivity index (χ1n) is 11.1. The third-order valence-electron chi connectivity index (χ3n) is 6.12. The summed E-state index contributed by atoms with van der Waals surface area (Å²) in [7, 11) is 3.62. The molecule has 31 heavy (non-hydrogen) atoms. The van der Waals surface area contributed by atoms with Gasteiger partial charge in [-0.1, -0.05) is 12.1 Å². The zero-order chi connectivity index (χ0) is 21.6. The quantitative estimate of drug-likeness (QED) is 0.643. The van der Waals surface area contributed by atoms with Crippen molar-refractivity contribution in [3.05, 3.63) is 46.8 Å². The largest absolute Gasteiger partial charge is 0.497 e. The van der Waals surface area contributed by atoms with Crippen molar-refractivity contribution in [1.82, 2.24) is 24.9 Å². The van der Waals surface area contributed by atoms with Crippen molar-refractivity contribution in [3.8, 4) is 5.75 Å². The van der Waals surface area contributed by atoms with E-state index in [9.17, 15) is 4.79 Å². The van der Waals surface area contributed by atoms with Crippen LogP contribution in [-0.4, -0.2) is 78.5 Å². The van der Waals surface area contributed by atoms with Crippen molar-refractivity contribution in [3.63, 3.8) is 0 Å². The van der Waals surface area contributed by atoms with Gasteiger partial charge in [0, 0.05) is 64.0 Å².